The lowest BCUT2D eigenvalue weighted by atomic mass is 9.99. The third-order valence-electron chi connectivity index (χ3n) is 3.41. The Hall–Kier alpha value is -1.46. The number of para-hydroxylation sites is 1. The van der Waals surface area contributed by atoms with Crippen molar-refractivity contribution in [3.8, 4) is 0 Å². The zero-order chi connectivity index (χ0) is 14.9. The van der Waals surface area contributed by atoms with Crippen molar-refractivity contribution in [2.75, 3.05) is 18.4 Å². The average molecular weight is 317 g/mol. The molecule has 0 aliphatic carbocycles. The van der Waals surface area contributed by atoms with E-state index in [-0.39, 0.29) is 12.5 Å². The van der Waals surface area contributed by atoms with Crippen molar-refractivity contribution >= 4 is 40.9 Å². The maximum atomic E-state index is 12.1. The van der Waals surface area contributed by atoms with Crippen molar-refractivity contribution < 1.29 is 14.7 Å². The van der Waals surface area contributed by atoms with Crippen LogP contribution in [-0.4, -0.2) is 35.1 Å². The predicted molar refractivity (Wildman–Crippen MR) is 77.3 cm³/mol. The highest BCUT2D eigenvalue weighted by atomic mass is 35.5. The number of benzene rings is 1. The molecule has 0 bridgehead atoms. The summed E-state index contributed by atoms with van der Waals surface area (Å²) < 4.78 is 0. The molecule has 2 amide bonds. The van der Waals surface area contributed by atoms with Crippen LogP contribution in [-0.2, 0) is 4.79 Å². The van der Waals surface area contributed by atoms with E-state index in [0.29, 0.717) is 22.3 Å². The van der Waals surface area contributed by atoms with Gasteiger partial charge in [0.1, 0.15) is 0 Å². The zero-order valence-electron chi connectivity index (χ0n) is 10.8. The molecule has 5 nitrogen and oxygen atoms in total. The molecule has 0 aromatic heterocycles. The molecule has 108 valence electrons. The quantitative estimate of drug-likeness (QED) is 0.880. The number of carboxylic acid groups (broad SMARTS) is 1. The van der Waals surface area contributed by atoms with Gasteiger partial charge in [-0.15, -0.1) is 0 Å². The Labute approximate surface area is 126 Å². The minimum absolute atomic E-state index is 0.0834. The van der Waals surface area contributed by atoms with E-state index in [9.17, 15) is 9.59 Å². The van der Waals surface area contributed by atoms with Gasteiger partial charge < -0.3 is 15.3 Å². The summed E-state index contributed by atoms with van der Waals surface area (Å²) in [5.74, 6) is -1.51. The first-order valence-corrected chi connectivity index (χ1v) is 6.88. The minimum atomic E-state index is -0.886. The summed E-state index contributed by atoms with van der Waals surface area (Å²) in [5, 5.41) is 12.4. The van der Waals surface area contributed by atoms with Crippen molar-refractivity contribution in [2.24, 2.45) is 11.8 Å². The van der Waals surface area contributed by atoms with Crippen LogP contribution >= 0.6 is 23.2 Å². The van der Waals surface area contributed by atoms with Gasteiger partial charge in [0.2, 0.25) is 0 Å². The molecule has 7 heteroatoms. The first-order chi connectivity index (χ1) is 9.40. The Morgan fingerprint density at radius 1 is 1.30 bits per heavy atom. The smallest absolute Gasteiger partial charge is 0.321 e. The van der Waals surface area contributed by atoms with Crippen LogP contribution < -0.4 is 5.32 Å². The van der Waals surface area contributed by atoms with Crippen molar-refractivity contribution in [3.05, 3.63) is 28.2 Å². The van der Waals surface area contributed by atoms with E-state index in [1.54, 1.807) is 18.2 Å². The molecule has 0 spiro atoms. The van der Waals surface area contributed by atoms with Crippen LogP contribution in [0.1, 0.15) is 6.92 Å². The molecule has 0 radical (unpaired) electrons. The van der Waals surface area contributed by atoms with Gasteiger partial charge in [0.05, 0.1) is 21.7 Å². The summed E-state index contributed by atoms with van der Waals surface area (Å²) in [6.07, 6.45) is 0. The van der Waals surface area contributed by atoms with E-state index in [0.717, 1.165) is 0 Å². The van der Waals surface area contributed by atoms with Crippen LogP contribution in [0.2, 0.25) is 10.0 Å². The molecule has 0 saturated carbocycles. The van der Waals surface area contributed by atoms with Crippen LogP contribution in [0, 0.1) is 11.8 Å². The summed E-state index contributed by atoms with van der Waals surface area (Å²) in [7, 11) is 0. The molecule has 20 heavy (non-hydrogen) atoms. The summed E-state index contributed by atoms with van der Waals surface area (Å²) >= 11 is 12.0. The van der Waals surface area contributed by atoms with Crippen molar-refractivity contribution in [1.29, 1.82) is 0 Å². The molecule has 1 aromatic rings. The first kappa shape index (κ1) is 14.9. The number of hydrogen-bond acceptors (Lipinski definition) is 2. The number of carbonyl (C=O) groups excluding carboxylic acids is 1. The highest BCUT2D eigenvalue weighted by Gasteiger charge is 2.37. The average Bonchev–Trinajstić information content (AvgIpc) is 2.76. The fourth-order valence-corrected chi connectivity index (χ4v) is 2.75. The molecule has 1 aromatic carbocycles. The monoisotopic (exact) mass is 316 g/mol. The van der Waals surface area contributed by atoms with Crippen LogP contribution in [0.15, 0.2) is 18.2 Å². The highest BCUT2D eigenvalue weighted by Crippen LogP contribution is 2.31. The standard InChI is InChI=1S/C13H14Cl2N2O3/c1-7-5-17(6-8(7)12(18)19)13(20)16-11-9(14)3-2-4-10(11)15/h2-4,7-8H,5-6H2,1H3,(H,16,20)(H,18,19). The molecule has 2 rings (SSSR count). The molecular formula is C13H14Cl2N2O3. The number of amides is 2. The minimum Gasteiger partial charge on any atom is -0.481 e. The van der Waals surface area contributed by atoms with Crippen molar-refractivity contribution in [3.63, 3.8) is 0 Å². The Bertz CT molecular complexity index is 530. The SMILES string of the molecule is CC1CN(C(=O)Nc2c(Cl)cccc2Cl)CC1C(=O)O. The number of carbonyl (C=O) groups is 2. The molecule has 1 fully saturated rings. The Morgan fingerprint density at radius 2 is 1.90 bits per heavy atom. The molecule has 1 aliphatic heterocycles. The van der Waals surface area contributed by atoms with Gasteiger partial charge in [-0.3, -0.25) is 4.79 Å². The fraction of sp³-hybridized carbons (Fsp3) is 0.385. The highest BCUT2D eigenvalue weighted by molar-refractivity contribution is 6.39. The van der Waals surface area contributed by atoms with Gasteiger partial charge in [-0.1, -0.05) is 36.2 Å². The molecule has 1 saturated heterocycles. The summed E-state index contributed by atoms with van der Waals surface area (Å²) in [6, 6.07) is 4.53. The van der Waals surface area contributed by atoms with E-state index in [4.69, 9.17) is 28.3 Å². The van der Waals surface area contributed by atoms with Gasteiger partial charge in [0.15, 0.2) is 0 Å². The van der Waals surface area contributed by atoms with E-state index in [2.05, 4.69) is 5.32 Å². The van der Waals surface area contributed by atoms with Crippen LogP contribution in [0.5, 0.6) is 0 Å². The van der Waals surface area contributed by atoms with Crippen molar-refractivity contribution in [2.45, 2.75) is 6.92 Å². The van der Waals surface area contributed by atoms with Crippen LogP contribution in [0.4, 0.5) is 10.5 Å². The number of halogens is 2. The fourth-order valence-electron chi connectivity index (χ4n) is 2.26. The molecule has 2 atom stereocenters. The van der Waals surface area contributed by atoms with Crippen LogP contribution in [0.3, 0.4) is 0 Å². The number of urea groups is 1. The number of nitrogens with zero attached hydrogens (tertiary/aromatic N) is 1. The number of aliphatic carboxylic acids is 1. The first-order valence-electron chi connectivity index (χ1n) is 6.13. The third-order valence-corrected chi connectivity index (χ3v) is 4.04. The number of hydrogen-bond donors (Lipinski definition) is 2. The van der Waals surface area contributed by atoms with Crippen molar-refractivity contribution in [1.82, 2.24) is 4.90 Å². The second-order valence-corrected chi connectivity index (χ2v) is 5.67. The van der Waals surface area contributed by atoms with Gasteiger partial charge in [-0.2, -0.15) is 0 Å². The largest absolute Gasteiger partial charge is 0.481 e. The number of nitrogens with one attached hydrogen (secondary N) is 1. The van der Waals surface area contributed by atoms with Crippen LogP contribution in [0.25, 0.3) is 0 Å². The number of anilines is 1. The lowest BCUT2D eigenvalue weighted by Crippen LogP contribution is -2.34. The van der Waals surface area contributed by atoms with Gasteiger partial charge in [0.25, 0.3) is 0 Å². The summed E-state index contributed by atoms with van der Waals surface area (Å²) in [5.41, 5.74) is 0.340. The number of carboxylic acids is 1. The molecule has 1 heterocycles. The van der Waals surface area contributed by atoms with Gasteiger partial charge in [0, 0.05) is 13.1 Å². The van der Waals surface area contributed by atoms with E-state index in [1.165, 1.54) is 4.90 Å². The van der Waals surface area contributed by atoms with Gasteiger partial charge in [-0.25, -0.2) is 4.79 Å². The second kappa shape index (κ2) is 5.89. The third kappa shape index (κ3) is 2.99. The van der Waals surface area contributed by atoms with E-state index >= 15 is 0 Å². The summed E-state index contributed by atoms with van der Waals surface area (Å²) in [6.45, 7) is 2.39. The Kier molecular flexibility index (Phi) is 4.40. The topological polar surface area (TPSA) is 69.6 Å². The molecule has 2 N–H and O–H groups in total. The van der Waals surface area contributed by atoms with Gasteiger partial charge in [-0.05, 0) is 18.1 Å². The van der Waals surface area contributed by atoms with Gasteiger partial charge >= 0.3 is 12.0 Å². The molecule has 1 aliphatic rings. The normalized spacial score (nSPS) is 21.9. The van der Waals surface area contributed by atoms with E-state index in [1.807, 2.05) is 6.92 Å². The summed E-state index contributed by atoms with van der Waals surface area (Å²) in [4.78, 5) is 24.6. The zero-order valence-corrected chi connectivity index (χ0v) is 12.3. The Morgan fingerprint density at radius 3 is 2.40 bits per heavy atom. The molecular weight excluding hydrogens is 303 g/mol. The lowest BCUT2D eigenvalue weighted by Gasteiger charge is -2.18. The second-order valence-electron chi connectivity index (χ2n) is 4.85. The molecule has 2 unspecified atom stereocenters. The number of rotatable bonds is 2. The lowest BCUT2D eigenvalue weighted by molar-refractivity contribution is -0.142. The maximum absolute atomic E-state index is 12.1. The Balaban J connectivity index is 2.08. The number of likely N-dealkylation sites (tertiary alicyclic amines) is 1. The maximum Gasteiger partial charge on any atom is 0.321 e. The van der Waals surface area contributed by atoms with E-state index < -0.39 is 17.9 Å². The predicted octanol–water partition coefficient (Wildman–Crippen LogP) is 3.18.